The number of aliphatic hydroxyl groups is 1. The molecule has 3 rings (SSSR count). The first-order valence-corrected chi connectivity index (χ1v) is 9.71. The SMILES string of the molecule is CC(C)=CCn1cc2c3c(cccc31)N(C)[C@H](C(C)C)C(=O)N[C@@H](CO)C2. The Kier molecular flexibility index (Phi) is 5.61. The molecule has 2 atom stereocenters. The Balaban J connectivity index is 2.22. The predicted molar refractivity (Wildman–Crippen MR) is 111 cm³/mol. The zero-order chi connectivity index (χ0) is 19.7. The minimum Gasteiger partial charge on any atom is -0.394 e. The lowest BCUT2D eigenvalue weighted by Gasteiger charge is -2.32. The number of aliphatic hydroxyl groups excluding tert-OH is 1. The summed E-state index contributed by atoms with van der Waals surface area (Å²) in [5, 5.41) is 14.1. The summed E-state index contributed by atoms with van der Waals surface area (Å²) < 4.78 is 2.26. The minimum absolute atomic E-state index is 0.0221. The first-order chi connectivity index (χ1) is 12.8. The third-order valence-electron chi connectivity index (χ3n) is 5.39. The number of nitrogens with zero attached hydrogens (tertiary/aromatic N) is 2. The molecule has 2 heterocycles. The van der Waals surface area contributed by atoms with Crippen molar-refractivity contribution < 1.29 is 9.90 Å². The van der Waals surface area contributed by atoms with Gasteiger partial charge in [-0.05, 0) is 43.9 Å². The highest BCUT2D eigenvalue weighted by Crippen LogP contribution is 2.34. The summed E-state index contributed by atoms with van der Waals surface area (Å²) in [6.45, 7) is 9.09. The molecule has 1 aromatic carbocycles. The van der Waals surface area contributed by atoms with Crippen LogP contribution in [-0.2, 0) is 17.8 Å². The van der Waals surface area contributed by atoms with Crippen LogP contribution in [0, 0.1) is 5.92 Å². The van der Waals surface area contributed by atoms with Crippen molar-refractivity contribution in [2.75, 3.05) is 18.6 Å². The second kappa shape index (κ2) is 7.77. The average Bonchev–Trinajstić information content (AvgIpc) is 2.97. The molecule has 0 fully saturated rings. The van der Waals surface area contributed by atoms with Crippen LogP contribution < -0.4 is 10.2 Å². The van der Waals surface area contributed by atoms with Crippen molar-refractivity contribution in [1.29, 1.82) is 0 Å². The summed E-state index contributed by atoms with van der Waals surface area (Å²) >= 11 is 0. The number of hydrogen-bond acceptors (Lipinski definition) is 3. The van der Waals surface area contributed by atoms with Gasteiger partial charge in [0.05, 0.1) is 18.2 Å². The predicted octanol–water partition coefficient (Wildman–Crippen LogP) is 3.10. The van der Waals surface area contributed by atoms with Crippen LogP contribution in [0.3, 0.4) is 0 Å². The minimum atomic E-state index is -0.281. The van der Waals surface area contributed by atoms with Gasteiger partial charge in [0, 0.05) is 30.9 Å². The van der Waals surface area contributed by atoms with Crippen LogP contribution in [0.25, 0.3) is 10.9 Å². The Morgan fingerprint density at radius 3 is 2.74 bits per heavy atom. The summed E-state index contributed by atoms with van der Waals surface area (Å²) in [7, 11) is 2.00. The number of benzene rings is 1. The molecule has 0 radical (unpaired) electrons. The zero-order valence-electron chi connectivity index (χ0n) is 17.0. The van der Waals surface area contributed by atoms with Crippen molar-refractivity contribution in [3.05, 3.63) is 41.6 Å². The molecule has 1 aliphatic heterocycles. The van der Waals surface area contributed by atoms with E-state index in [4.69, 9.17) is 0 Å². The molecule has 146 valence electrons. The molecular formula is C22H31N3O2. The van der Waals surface area contributed by atoms with E-state index in [2.05, 4.69) is 73.0 Å². The normalized spacial score (nSPS) is 20.3. The molecule has 5 nitrogen and oxygen atoms in total. The van der Waals surface area contributed by atoms with E-state index in [9.17, 15) is 9.90 Å². The molecule has 27 heavy (non-hydrogen) atoms. The van der Waals surface area contributed by atoms with Gasteiger partial charge in [-0.1, -0.05) is 31.6 Å². The van der Waals surface area contributed by atoms with Crippen LogP contribution in [-0.4, -0.2) is 41.3 Å². The average molecular weight is 370 g/mol. The highest BCUT2D eigenvalue weighted by Gasteiger charge is 2.32. The summed E-state index contributed by atoms with van der Waals surface area (Å²) in [6, 6.07) is 5.74. The second-order valence-electron chi connectivity index (χ2n) is 8.15. The molecule has 1 aromatic heterocycles. The summed E-state index contributed by atoms with van der Waals surface area (Å²) in [5.41, 5.74) is 4.69. The van der Waals surface area contributed by atoms with Gasteiger partial charge in [-0.15, -0.1) is 0 Å². The van der Waals surface area contributed by atoms with E-state index in [1.54, 1.807) is 0 Å². The topological polar surface area (TPSA) is 57.5 Å². The van der Waals surface area contributed by atoms with Gasteiger partial charge in [0.25, 0.3) is 0 Å². The van der Waals surface area contributed by atoms with E-state index in [1.807, 2.05) is 7.05 Å². The zero-order valence-corrected chi connectivity index (χ0v) is 17.0. The number of anilines is 1. The lowest BCUT2D eigenvalue weighted by molar-refractivity contribution is -0.124. The van der Waals surface area contributed by atoms with Gasteiger partial charge in [-0.25, -0.2) is 0 Å². The van der Waals surface area contributed by atoms with Crippen molar-refractivity contribution in [3.63, 3.8) is 0 Å². The van der Waals surface area contributed by atoms with Gasteiger partial charge in [-0.3, -0.25) is 4.79 Å². The standard InChI is InChI=1S/C22H31N3O2/c1-14(2)9-10-25-12-16-11-17(13-26)23-22(27)21(15(3)4)24(5)18-7-6-8-19(25)20(16)18/h6-9,12,15,17,21,26H,10-11,13H2,1-5H3,(H,23,27)/t17-,21-/m1/s1. The quantitative estimate of drug-likeness (QED) is 0.814. The van der Waals surface area contributed by atoms with E-state index >= 15 is 0 Å². The number of aromatic nitrogens is 1. The van der Waals surface area contributed by atoms with E-state index in [0.29, 0.717) is 6.42 Å². The van der Waals surface area contributed by atoms with Crippen LogP contribution in [0.5, 0.6) is 0 Å². The molecule has 0 bridgehead atoms. The summed E-state index contributed by atoms with van der Waals surface area (Å²) in [6.07, 6.45) is 5.01. The number of hydrogen-bond donors (Lipinski definition) is 2. The maximum Gasteiger partial charge on any atom is 0.243 e. The molecule has 2 N–H and O–H groups in total. The molecule has 0 aliphatic carbocycles. The number of rotatable bonds is 4. The number of amides is 1. The largest absolute Gasteiger partial charge is 0.394 e. The molecule has 5 heteroatoms. The fourth-order valence-corrected chi connectivity index (χ4v) is 4.09. The lowest BCUT2D eigenvalue weighted by atomic mass is 10.0. The highest BCUT2D eigenvalue weighted by molar-refractivity contribution is 5.98. The Bertz CT molecular complexity index is 862. The summed E-state index contributed by atoms with van der Waals surface area (Å²) in [5.74, 6) is 0.130. The second-order valence-corrected chi connectivity index (χ2v) is 8.15. The van der Waals surface area contributed by atoms with E-state index < -0.39 is 0 Å². The molecular weight excluding hydrogens is 338 g/mol. The first kappa shape index (κ1) is 19.5. The number of allylic oxidation sites excluding steroid dienone is 2. The third kappa shape index (κ3) is 3.74. The third-order valence-corrected chi connectivity index (χ3v) is 5.39. The molecule has 0 saturated heterocycles. The molecule has 0 spiro atoms. The van der Waals surface area contributed by atoms with E-state index in [-0.39, 0.29) is 30.5 Å². The molecule has 1 amide bonds. The van der Waals surface area contributed by atoms with Crippen LogP contribution in [0.15, 0.2) is 36.0 Å². The van der Waals surface area contributed by atoms with Crippen LogP contribution in [0.2, 0.25) is 0 Å². The van der Waals surface area contributed by atoms with Gasteiger partial charge < -0.3 is 19.9 Å². The molecule has 2 aromatic rings. The van der Waals surface area contributed by atoms with Crippen molar-refractivity contribution >= 4 is 22.5 Å². The van der Waals surface area contributed by atoms with Crippen LogP contribution in [0.4, 0.5) is 5.69 Å². The van der Waals surface area contributed by atoms with Crippen LogP contribution >= 0.6 is 0 Å². The molecule has 0 saturated carbocycles. The van der Waals surface area contributed by atoms with E-state index in [0.717, 1.165) is 12.2 Å². The number of likely N-dealkylation sites (N-methyl/N-ethyl adjacent to an activating group) is 1. The maximum atomic E-state index is 12.9. The van der Waals surface area contributed by atoms with Gasteiger partial charge >= 0.3 is 0 Å². The number of carbonyl (C=O) groups excluding carboxylic acids is 1. The van der Waals surface area contributed by atoms with Crippen molar-refractivity contribution in [2.45, 2.75) is 52.7 Å². The van der Waals surface area contributed by atoms with Gasteiger partial charge in [0.2, 0.25) is 5.91 Å². The van der Waals surface area contributed by atoms with Crippen molar-refractivity contribution in [2.24, 2.45) is 5.92 Å². The Morgan fingerprint density at radius 1 is 1.37 bits per heavy atom. The molecule has 1 aliphatic rings. The fourth-order valence-electron chi connectivity index (χ4n) is 4.09. The van der Waals surface area contributed by atoms with Gasteiger partial charge in [0.1, 0.15) is 6.04 Å². The lowest BCUT2D eigenvalue weighted by Crippen LogP contribution is -2.52. The van der Waals surface area contributed by atoms with Crippen molar-refractivity contribution in [1.82, 2.24) is 9.88 Å². The monoisotopic (exact) mass is 369 g/mol. The maximum absolute atomic E-state index is 12.9. The Labute approximate surface area is 161 Å². The fraction of sp³-hybridized carbons (Fsp3) is 0.500. The number of carbonyl (C=O) groups is 1. The highest BCUT2D eigenvalue weighted by atomic mass is 16.3. The number of nitrogens with one attached hydrogen (secondary N) is 1. The Morgan fingerprint density at radius 2 is 2.11 bits per heavy atom. The van der Waals surface area contributed by atoms with Gasteiger partial charge in [-0.2, -0.15) is 0 Å². The van der Waals surface area contributed by atoms with E-state index in [1.165, 1.54) is 22.0 Å². The summed E-state index contributed by atoms with van der Waals surface area (Å²) in [4.78, 5) is 15.0. The van der Waals surface area contributed by atoms with Crippen LogP contribution in [0.1, 0.15) is 33.3 Å². The Hall–Kier alpha value is -2.27. The van der Waals surface area contributed by atoms with Gasteiger partial charge in [0.15, 0.2) is 0 Å². The van der Waals surface area contributed by atoms with Crippen molar-refractivity contribution in [3.8, 4) is 0 Å². The smallest absolute Gasteiger partial charge is 0.243 e. The first-order valence-electron chi connectivity index (χ1n) is 9.71. The molecule has 0 unspecified atom stereocenters.